The molecule has 0 saturated heterocycles. The zero-order valence-corrected chi connectivity index (χ0v) is 33.8. The average Bonchev–Trinajstić information content (AvgIpc) is 3.46. The number of rotatable bonds is 8. The summed E-state index contributed by atoms with van der Waals surface area (Å²) in [5, 5.41) is 36.0. The molecule has 0 aromatic heterocycles. The first kappa shape index (κ1) is 38.8. The summed E-state index contributed by atoms with van der Waals surface area (Å²) in [6.45, 7) is 21.8. The number of halogens is 1. The first-order valence-electron chi connectivity index (χ1n) is 21.3. The van der Waals surface area contributed by atoms with Gasteiger partial charge in [0.15, 0.2) is 0 Å². The number of aliphatic carboxylic acids is 1. The van der Waals surface area contributed by atoms with Gasteiger partial charge in [0.2, 0.25) is 0 Å². The average molecular weight is 722 g/mol. The van der Waals surface area contributed by atoms with Gasteiger partial charge in [-0.15, -0.1) is 0 Å². The molecule has 0 bridgehead atoms. The van der Waals surface area contributed by atoms with Gasteiger partial charge in [0, 0.05) is 5.54 Å². The first-order valence-corrected chi connectivity index (χ1v) is 21.3. The monoisotopic (exact) mass is 722 g/mol. The number of alkyl halides is 1. The molecule has 52 heavy (non-hydrogen) atoms. The quantitative estimate of drug-likeness (QED) is 0.187. The van der Waals surface area contributed by atoms with Crippen molar-refractivity contribution >= 4 is 5.97 Å². The molecule has 7 rings (SSSR count). The van der Waals surface area contributed by atoms with Gasteiger partial charge in [-0.1, -0.05) is 58.9 Å². The lowest BCUT2D eigenvalue weighted by atomic mass is 9.33. The molecule has 7 aliphatic carbocycles. The second-order valence-electron chi connectivity index (χ2n) is 21.4. The molecule has 0 aliphatic heterocycles. The van der Waals surface area contributed by atoms with Gasteiger partial charge in [0.05, 0.1) is 16.6 Å². The van der Waals surface area contributed by atoms with Crippen LogP contribution >= 0.6 is 0 Å². The Hall–Kier alpha value is -1.50. The van der Waals surface area contributed by atoms with E-state index in [1.807, 2.05) is 6.92 Å². The summed E-state index contributed by atoms with van der Waals surface area (Å²) >= 11 is 0. The minimum absolute atomic E-state index is 0.0167. The highest BCUT2D eigenvalue weighted by Crippen LogP contribution is 2.76. The number of hydrogen-bond acceptors (Lipinski definition) is 4. The van der Waals surface area contributed by atoms with E-state index < -0.39 is 29.3 Å². The van der Waals surface area contributed by atoms with Crippen LogP contribution in [0.1, 0.15) is 158 Å². The Morgan fingerprint density at radius 3 is 2.17 bits per heavy atom. The zero-order valence-electron chi connectivity index (χ0n) is 33.8. The second-order valence-corrected chi connectivity index (χ2v) is 21.4. The van der Waals surface area contributed by atoms with Crippen molar-refractivity contribution in [2.45, 2.75) is 174 Å². The molecule has 5 fully saturated rings. The van der Waals surface area contributed by atoms with Crippen molar-refractivity contribution in [1.29, 1.82) is 0 Å². The van der Waals surface area contributed by atoms with Crippen LogP contribution in [0, 0.1) is 56.7 Å². The highest BCUT2D eigenvalue weighted by molar-refractivity contribution is 5.75. The minimum atomic E-state index is -1.26. The number of nitrogens with one attached hydrogen (secondary N) is 1. The number of carboxylic acids is 1. The Morgan fingerprint density at radius 1 is 0.846 bits per heavy atom. The van der Waals surface area contributed by atoms with Crippen LogP contribution in [0.5, 0.6) is 0 Å². The van der Waals surface area contributed by atoms with E-state index in [0.717, 1.165) is 19.4 Å². The van der Waals surface area contributed by atoms with E-state index in [0.29, 0.717) is 68.1 Å². The van der Waals surface area contributed by atoms with Gasteiger partial charge in [-0.05, 0) is 192 Å². The van der Waals surface area contributed by atoms with Crippen molar-refractivity contribution in [2.75, 3.05) is 13.2 Å². The van der Waals surface area contributed by atoms with Gasteiger partial charge in [0.25, 0.3) is 0 Å². The van der Waals surface area contributed by atoms with Gasteiger partial charge in [-0.25, -0.2) is 4.39 Å². The molecule has 7 aliphatic rings. The van der Waals surface area contributed by atoms with E-state index in [-0.39, 0.29) is 33.6 Å². The molecule has 4 N–H and O–H groups in total. The smallest absolute Gasteiger partial charge is 0.312 e. The Bertz CT molecular complexity index is 1500. The number of allylic oxidation sites excluding steroid dienone is 5. The highest BCUT2D eigenvalue weighted by atomic mass is 19.1. The predicted molar refractivity (Wildman–Crippen MR) is 207 cm³/mol. The molecule has 10 atom stereocenters. The largest absolute Gasteiger partial charge is 0.481 e. The lowest BCUT2D eigenvalue weighted by molar-refractivity contribution is -0.221. The predicted octanol–water partition coefficient (Wildman–Crippen LogP) is 10.1. The summed E-state index contributed by atoms with van der Waals surface area (Å²) in [4.78, 5) is 12.0. The summed E-state index contributed by atoms with van der Waals surface area (Å²) in [5.41, 5.74) is 2.23. The Labute approximate surface area is 314 Å². The van der Waals surface area contributed by atoms with Crippen LogP contribution in [0.2, 0.25) is 0 Å². The summed E-state index contributed by atoms with van der Waals surface area (Å²) < 4.78 is 14.0. The number of carbonyl (C=O) groups is 1. The minimum Gasteiger partial charge on any atom is -0.481 e. The second kappa shape index (κ2) is 12.8. The van der Waals surface area contributed by atoms with Gasteiger partial charge >= 0.3 is 5.97 Å². The molecule has 0 spiro atoms. The summed E-state index contributed by atoms with van der Waals surface area (Å²) in [5.74, 6) is 1.96. The third kappa shape index (κ3) is 5.70. The molecule has 5 nitrogen and oxygen atoms in total. The maximum atomic E-state index is 14.0. The van der Waals surface area contributed by atoms with Crippen molar-refractivity contribution in [1.82, 2.24) is 5.32 Å². The van der Waals surface area contributed by atoms with Crippen LogP contribution in [0.25, 0.3) is 0 Å². The Morgan fingerprint density at radius 2 is 1.56 bits per heavy atom. The molecular formula is C46H72FNO4. The van der Waals surface area contributed by atoms with E-state index in [1.54, 1.807) is 0 Å². The third-order valence-electron chi connectivity index (χ3n) is 18.6. The molecule has 6 heteroatoms. The van der Waals surface area contributed by atoms with Crippen LogP contribution in [-0.2, 0) is 4.79 Å². The van der Waals surface area contributed by atoms with E-state index in [9.17, 15) is 24.5 Å². The fourth-order valence-electron chi connectivity index (χ4n) is 15.2. The van der Waals surface area contributed by atoms with Crippen molar-refractivity contribution in [3.8, 4) is 0 Å². The van der Waals surface area contributed by atoms with Crippen molar-refractivity contribution < 1.29 is 24.5 Å². The fourth-order valence-corrected chi connectivity index (χ4v) is 15.2. The molecule has 0 aromatic rings. The van der Waals surface area contributed by atoms with Crippen LogP contribution in [0.3, 0.4) is 0 Å². The van der Waals surface area contributed by atoms with Gasteiger partial charge in [-0.2, -0.15) is 0 Å². The number of aliphatic hydroxyl groups is 2. The van der Waals surface area contributed by atoms with Gasteiger partial charge in [0.1, 0.15) is 6.67 Å². The van der Waals surface area contributed by atoms with E-state index in [1.165, 1.54) is 68.1 Å². The zero-order chi connectivity index (χ0) is 37.8. The molecule has 5 saturated carbocycles. The number of carboxylic acid groups (broad SMARTS) is 1. The summed E-state index contributed by atoms with van der Waals surface area (Å²) in [6.07, 6.45) is 20.4. The molecule has 1 unspecified atom stereocenters. The number of fused-ring (bicyclic) bond motifs is 7. The highest BCUT2D eigenvalue weighted by Gasteiger charge is 2.70. The SMILES string of the molecule is C=C(C)C1CC[C@]2(NCC[C@]3(O)CC[C@](C)(O)CC3)CC[C@]3(C)[C@H](CC[C@@H]4[C@@]5(C)CC=C(C6=CC[C@@](CF)(C(=O)O)CC6)C(C)(C)[C@@H]5CC[C@]43C)[C@@H]12. The van der Waals surface area contributed by atoms with Crippen molar-refractivity contribution in [3.05, 3.63) is 35.5 Å². The van der Waals surface area contributed by atoms with Gasteiger partial charge < -0.3 is 20.6 Å². The van der Waals surface area contributed by atoms with Crippen molar-refractivity contribution in [2.24, 2.45) is 56.7 Å². The summed E-state index contributed by atoms with van der Waals surface area (Å²) in [6, 6.07) is 0. The molecule has 0 heterocycles. The van der Waals surface area contributed by atoms with Crippen LogP contribution in [0.15, 0.2) is 35.5 Å². The molecule has 0 amide bonds. The van der Waals surface area contributed by atoms with Gasteiger partial charge in [-0.3, -0.25) is 4.79 Å². The lowest BCUT2D eigenvalue weighted by Gasteiger charge is -2.72. The standard InChI is InChI=1S/C46H72FNO4/c1-30(2)32-13-20-46(48-28-27-45(52)24-21-40(5,51)22-25-45)26-23-42(7)34(37(32)46)9-10-36-41(6)16-14-33(39(3,4)35(41)15-17-43(36,42)8)31-11-18-44(29-47,19-12-31)38(49)50/h11,14,32,34-37,48,51-52H,1,9-10,12-13,15-29H2,2-8H3,(H,49,50)/t32?,34-,35+,36-,37-,40-,41+,42-,43-,44-,45-,46+/m1/s1. The lowest BCUT2D eigenvalue weighted by Crippen LogP contribution is -2.68. The molecule has 0 radical (unpaired) electrons. The van der Waals surface area contributed by atoms with Crippen molar-refractivity contribution in [3.63, 3.8) is 0 Å². The van der Waals surface area contributed by atoms with E-state index in [4.69, 9.17) is 0 Å². The fraction of sp³-hybridized carbons (Fsp3) is 0.848. The maximum absolute atomic E-state index is 14.0. The van der Waals surface area contributed by atoms with E-state index in [2.05, 4.69) is 65.6 Å². The van der Waals surface area contributed by atoms with E-state index >= 15 is 0 Å². The van der Waals surface area contributed by atoms with Crippen LogP contribution < -0.4 is 5.32 Å². The maximum Gasteiger partial charge on any atom is 0.312 e. The van der Waals surface area contributed by atoms with Crippen LogP contribution in [0.4, 0.5) is 4.39 Å². The first-order chi connectivity index (χ1) is 24.2. The molecule has 292 valence electrons. The summed E-state index contributed by atoms with van der Waals surface area (Å²) in [7, 11) is 0. The molecule has 0 aromatic carbocycles. The number of hydrogen-bond donors (Lipinski definition) is 4. The van der Waals surface area contributed by atoms with Crippen LogP contribution in [-0.4, -0.2) is 51.2 Å². The normalized spacial score (nSPS) is 49.8. The third-order valence-corrected chi connectivity index (χ3v) is 18.6. The topological polar surface area (TPSA) is 89.8 Å². The Kier molecular flexibility index (Phi) is 9.52. The molecular weight excluding hydrogens is 650 g/mol. The Balaban J connectivity index is 1.13.